The first-order valence-corrected chi connectivity index (χ1v) is 5.36. The van der Waals surface area contributed by atoms with Gasteiger partial charge in [0.1, 0.15) is 0 Å². The zero-order valence-corrected chi connectivity index (χ0v) is 9.03. The maximum atomic E-state index is 4.36. The molecule has 0 fully saturated rings. The molecule has 0 aromatic carbocycles. The lowest BCUT2D eigenvalue weighted by molar-refractivity contribution is 0.457. The van der Waals surface area contributed by atoms with Crippen molar-refractivity contribution in [2.24, 2.45) is 5.92 Å². The Morgan fingerprint density at radius 3 is 2.18 bits per heavy atom. The molecule has 0 aliphatic carbocycles. The highest BCUT2D eigenvalue weighted by atomic mass is 32.1. The van der Waals surface area contributed by atoms with E-state index >= 15 is 0 Å². The van der Waals surface area contributed by atoms with Gasteiger partial charge in [-0.1, -0.05) is 40.0 Å². The third-order valence-electron chi connectivity index (χ3n) is 2.13. The Balaban J connectivity index is 3.15. The van der Waals surface area contributed by atoms with Crippen LogP contribution in [0.4, 0.5) is 0 Å². The van der Waals surface area contributed by atoms with Crippen molar-refractivity contribution in [3.63, 3.8) is 0 Å². The van der Waals surface area contributed by atoms with Crippen molar-refractivity contribution in [3.8, 4) is 0 Å². The standard InChI is InChI=1S/C10H22S/c1-4-5-6-9(2)7-8-10(3)11/h9-11H,4-8H2,1-3H3/t9?,10-/m1/s1. The Hall–Kier alpha value is 0.350. The highest BCUT2D eigenvalue weighted by molar-refractivity contribution is 7.80. The minimum absolute atomic E-state index is 0.582. The van der Waals surface area contributed by atoms with Gasteiger partial charge in [-0.2, -0.15) is 12.6 Å². The zero-order valence-electron chi connectivity index (χ0n) is 8.14. The molecule has 0 rings (SSSR count). The average molecular weight is 174 g/mol. The second-order valence-electron chi connectivity index (χ2n) is 3.67. The number of unbranched alkanes of at least 4 members (excludes halogenated alkanes) is 1. The Kier molecular flexibility index (Phi) is 7.25. The lowest BCUT2D eigenvalue weighted by Crippen LogP contribution is -1.99. The highest BCUT2D eigenvalue weighted by Gasteiger charge is 2.02. The summed E-state index contributed by atoms with van der Waals surface area (Å²) in [6.45, 7) is 6.79. The summed E-state index contributed by atoms with van der Waals surface area (Å²) in [6.07, 6.45) is 6.75. The van der Waals surface area contributed by atoms with Crippen molar-refractivity contribution < 1.29 is 0 Å². The van der Waals surface area contributed by atoms with Crippen LogP contribution in [0.15, 0.2) is 0 Å². The molecular formula is C10H22S. The first kappa shape index (κ1) is 11.4. The van der Waals surface area contributed by atoms with Crippen LogP contribution in [-0.2, 0) is 0 Å². The van der Waals surface area contributed by atoms with Gasteiger partial charge in [0, 0.05) is 0 Å². The van der Waals surface area contributed by atoms with Crippen molar-refractivity contribution >= 4 is 12.6 Å². The molecular weight excluding hydrogens is 152 g/mol. The van der Waals surface area contributed by atoms with Crippen molar-refractivity contribution in [3.05, 3.63) is 0 Å². The number of hydrogen-bond acceptors (Lipinski definition) is 1. The number of thiol groups is 1. The summed E-state index contributed by atoms with van der Waals surface area (Å²) in [5.74, 6) is 0.907. The van der Waals surface area contributed by atoms with E-state index in [0.29, 0.717) is 5.25 Å². The second kappa shape index (κ2) is 7.02. The van der Waals surface area contributed by atoms with Crippen molar-refractivity contribution in [1.29, 1.82) is 0 Å². The molecule has 0 N–H and O–H groups in total. The largest absolute Gasteiger partial charge is 0.176 e. The molecule has 2 atom stereocenters. The van der Waals surface area contributed by atoms with Crippen molar-refractivity contribution in [1.82, 2.24) is 0 Å². The molecule has 1 unspecified atom stereocenters. The summed E-state index contributed by atoms with van der Waals surface area (Å²) in [4.78, 5) is 0. The van der Waals surface area contributed by atoms with Gasteiger partial charge in [-0.15, -0.1) is 0 Å². The third-order valence-corrected chi connectivity index (χ3v) is 2.39. The van der Waals surface area contributed by atoms with E-state index in [1.807, 2.05) is 0 Å². The van der Waals surface area contributed by atoms with Gasteiger partial charge >= 0.3 is 0 Å². The van der Waals surface area contributed by atoms with Crippen LogP contribution in [0.3, 0.4) is 0 Å². The first-order valence-electron chi connectivity index (χ1n) is 4.84. The van der Waals surface area contributed by atoms with Gasteiger partial charge in [0.25, 0.3) is 0 Å². The third kappa shape index (κ3) is 8.25. The summed E-state index contributed by atoms with van der Waals surface area (Å²) in [6, 6.07) is 0. The van der Waals surface area contributed by atoms with Crippen molar-refractivity contribution in [2.75, 3.05) is 0 Å². The molecule has 0 radical (unpaired) electrons. The molecule has 68 valence electrons. The van der Waals surface area contributed by atoms with Crippen LogP contribution in [-0.4, -0.2) is 5.25 Å². The number of rotatable bonds is 6. The molecule has 0 saturated heterocycles. The monoisotopic (exact) mass is 174 g/mol. The van der Waals surface area contributed by atoms with Gasteiger partial charge in [0.05, 0.1) is 0 Å². The summed E-state index contributed by atoms with van der Waals surface area (Å²) < 4.78 is 0. The Morgan fingerprint density at radius 1 is 1.09 bits per heavy atom. The van der Waals surface area contributed by atoms with Gasteiger partial charge in [0.15, 0.2) is 0 Å². The van der Waals surface area contributed by atoms with E-state index in [1.54, 1.807) is 0 Å². The number of hydrogen-bond donors (Lipinski definition) is 1. The Bertz CT molecular complexity index is 78.9. The SMILES string of the molecule is CCCCC(C)CC[C@@H](C)S. The lowest BCUT2D eigenvalue weighted by Gasteiger charge is -2.11. The van der Waals surface area contributed by atoms with Crippen LogP contribution in [0.25, 0.3) is 0 Å². The van der Waals surface area contributed by atoms with Gasteiger partial charge in [-0.25, -0.2) is 0 Å². The fraction of sp³-hybridized carbons (Fsp3) is 1.00. The zero-order chi connectivity index (χ0) is 8.69. The molecule has 0 bridgehead atoms. The highest BCUT2D eigenvalue weighted by Crippen LogP contribution is 2.16. The maximum absolute atomic E-state index is 4.36. The molecule has 11 heavy (non-hydrogen) atoms. The van der Waals surface area contributed by atoms with Gasteiger partial charge in [-0.05, 0) is 24.0 Å². The normalized spacial score (nSPS) is 16.4. The molecule has 0 aliphatic heterocycles. The summed E-state index contributed by atoms with van der Waals surface area (Å²) in [5, 5.41) is 0.582. The molecule has 0 aromatic heterocycles. The Morgan fingerprint density at radius 2 is 1.73 bits per heavy atom. The average Bonchev–Trinajstić information content (AvgIpc) is 1.97. The van der Waals surface area contributed by atoms with Crippen LogP contribution >= 0.6 is 12.6 Å². The fourth-order valence-corrected chi connectivity index (χ4v) is 1.37. The first-order chi connectivity index (χ1) is 5.16. The molecule has 0 saturated carbocycles. The molecule has 0 nitrogen and oxygen atoms in total. The van der Waals surface area contributed by atoms with Gasteiger partial charge in [-0.3, -0.25) is 0 Å². The van der Waals surface area contributed by atoms with E-state index in [9.17, 15) is 0 Å². The van der Waals surface area contributed by atoms with Crippen LogP contribution < -0.4 is 0 Å². The lowest BCUT2D eigenvalue weighted by atomic mass is 9.98. The minimum Gasteiger partial charge on any atom is -0.176 e. The predicted octanol–water partition coefficient (Wildman–Crippen LogP) is 3.91. The quantitative estimate of drug-likeness (QED) is 0.580. The van der Waals surface area contributed by atoms with Gasteiger partial charge < -0.3 is 0 Å². The van der Waals surface area contributed by atoms with E-state index in [1.165, 1.54) is 32.1 Å². The van der Waals surface area contributed by atoms with E-state index in [-0.39, 0.29) is 0 Å². The molecule has 0 spiro atoms. The smallest absolute Gasteiger partial charge is 0.00115 e. The molecule has 0 aromatic rings. The predicted molar refractivity (Wildman–Crippen MR) is 56.4 cm³/mol. The van der Waals surface area contributed by atoms with E-state index in [2.05, 4.69) is 33.4 Å². The van der Waals surface area contributed by atoms with E-state index < -0.39 is 0 Å². The molecule has 0 heterocycles. The molecule has 0 amide bonds. The summed E-state index contributed by atoms with van der Waals surface area (Å²) in [7, 11) is 0. The maximum Gasteiger partial charge on any atom is -0.00115 e. The molecule has 0 aliphatic rings. The van der Waals surface area contributed by atoms with Gasteiger partial charge in [0.2, 0.25) is 0 Å². The summed E-state index contributed by atoms with van der Waals surface area (Å²) in [5.41, 5.74) is 0. The second-order valence-corrected chi connectivity index (χ2v) is 4.56. The summed E-state index contributed by atoms with van der Waals surface area (Å²) >= 11 is 4.36. The van der Waals surface area contributed by atoms with E-state index in [4.69, 9.17) is 0 Å². The van der Waals surface area contributed by atoms with Crippen LogP contribution in [0.2, 0.25) is 0 Å². The van der Waals surface area contributed by atoms with Crippen LogP contribution in [0, 0.1) is 5.92 Å². The topological polar surface area (TPSA) is 0 Å². The minimum atomic E-state index is 0.582. The van der Waals surface area contributed by atoms with Crippen LogP contribution in [0.5, 0.6) is 0 Å². The van der Waals surface area contributed by atoms with Crippen LogP contribution in [0.1, 0.15) is 52.9 Å². The fourth-order valence-electron chi connectivity index (χ4n) is 1.22. The molecule has 1 heteroatoms. The Labute approximate surface area is 77.2 Å². The van der Waals surface area contributed by atoms with Crippen molar-refractivity contribution in [2.45, 2.75) is 58.1 Å². The van der Waals surface area contributed by atoms with E-state index in [0.717, 1.165) is 5.92 Å².